The SMILES string of the molecule is CCCc1ccc(C=C=O)c(O)c1. The molecule has 0 fully saturated rings. The highest BCUT2D eigenvalue weighted by Gasteiger charge is 1.98. The molecular weight excluding hydrogens is 164 g/mol. The third-order valence-corrected chi connectivity index (χ3v) is 1.85. The summed E-state index contributed by atoms with van der Waals surface area (Å²) in [6, 6.07) is 5.32. The van der Waals surface area contributed by atoms with E-state index in [1.807, 2.05) is 6.07 Å². The first-order valence-corrected chi connectivity index (χ1v) is 4.30. The lowest BCUT2D eigenvalue weighted by Crippen LogP contribution is -1.84. The second-order valence-corrected chi connectivity index (χ2v) is 2.91. The average molecular weight is 176 g/mol. The van der Waals surface area contributed by atoms with E-state index in [0.717, 1.165) is 18.4 Å². The summed E-state index contributed by atoms with van der Waals surface area (Å²) >= 11 is 0. The summed E-state index contributed by atoms with van der Waals surface area (Å²) in [5.74, 6) is 1.79. The molecule has 1 aromatic rings. The van der Waals surface area contributed by atoms with Crippen molar-refractivity contribution >= 4 is 12.0 Å². The molecule has 0 unspecified atom stereocenters. The van der Waals surface area contributed by atoms with Gasteiger partial charge in [-0.3, -0.25) is 0 Å². The van der Waals surface area contributed by atoms with E-state index in [-0.39, 0.29) is 5.75 Å². The molecule has 13 heavy (non-hydrogen) atoms. The third-order valence-electron chi connectivity index (χ3n) is 1.85. The molecule has 0 atom stereocenters. The summed E-state index contributed by atoms with van der Waals surface area (Å²) in [6.45, 7) is 2.08. The largest absolute Gasteiger partial charge is 0.507 e. The Kier molecular flexibility index (Phi) is 3.30. The van der Waals surface area contributed by atoms with Crippen molar-refractivity contribution in [1.82, 2.24) is 0 Å². The fraction of sp³-hybridized carbons (Fsp3) is 0.273. The van der Waals surface area contributed by atoms with E-state index in [9.17, 15) is 9.90 Å². The number of benzene rings is 1. The summed E-state index contributed by atoms with van der Waals surface area (Å²) < 4.78 is 0. The van der Waals surface area contributed by atoms with Gasteiger partial charge in [0.15, 0.2) is 0 Å². The molecule has 0 bridgehead atoms. The van der Waals surface area contributed by atoms with Crippen molar-refractivity contribution in [2.45, 2.75) is 19.8 Å². The van der Waals surface area contributed by atoms with E-state index in [1.54, 1.807) is 18.1 Å². The molecule has 0 aliphatic heterocycles. The van der Waals surface area contributed by atoms with Gasteiger partial charge in [-0.25, -0.2) is 4.79 Å². The van der Waals surface area contributed by atoms with Crippen molar-refractivity contribution < 1.29 is 9.90 Å². The lowest BCUT2D eigenvalue weighted by Gasteiger charge is -2.01. The standard InChI is InChI=1S/C11H12O2/c1-2-3-9-4-5-10(6-7-12)11(13)8-9/h4-6,8,13H,2-3H2,1H3. The summed E-state index contributed by atoms with van der Waals surface area (Å²) in [5.41, 5.74) is 1.61. The number of phenolic OH excluding ortho intramolecular Hbond substituents is 1. The Labute approximate surface area is 77.5 Å². The molecule has 0 heterocycles. The number of hydrogen-bond donors (Lipinski definition) is 1. The van der Waals surface area contributed by atoms with Gasteiger partial charge in [0.25, 0.3) is 0 Å². The maximum absolute atomic E-state index is 10.0. The molecular formula is C11H12O2. The number of aryl methyl sites for hydroxylation is 1. The monoisotopic (exact) mass is 176 g/mol. The Balaban J connectivity index is 2.98. The first-order chi connectivity index (χ1) is 6.27. The van der Waals surface area contributed by atoms with E-state index >= 15 is 0 Å². The van der Waals surface area contributed by atoms with E-state index in [1.165, 1.54) is 6.08 Å². The summed E-state index contributed by atoms with van der Waals surface area (Å²) in [5, 5.41) is 9.44. The number of rotatable bonds is 3. The van der Waals surface area contributed by atoms with Gasteiger partial charge in [-0.05, 0) is 18.1 Å². The first-order valence-electron chi connectivity index (χ1n) is 4.30. The van der Waals surface area contributed by atoms with Gasteiger partial charge in [0.05, 0.1) is 0 Å². The highest BCUT2D eigenvalue weighted by atomic mass is 16.3. The highest BCUT2D eigenvalue weighted by Crippen LogP contribution is 2.20. The van der Waals surface area contributed by atoms with E-state index in [2.05, 4.69) is 6.92 Å². The Morgan fingerprint density at radius 2 is 2.31 bits per heavy atom. The van der Waals surface area contributed by atoms with Crippen LogP contribution in [-0.2, 0) is 11.2 Å². The predicted molar refractivity (Wildman–Crippen MR) is 52.3 cm³/mol. The summed E-state index contributed by atoms with van der Waals surface area (Å²) in [6.07, 6.45) is 3.21. The molecule has 0 saturated carbocycles. The average Bonchev–Trinajstić information content (AvgIpc) is 2.10. The third kappa shape index (κ3) is 2.46. The van der Waals surface area contributed by atoms with Crippen molar-refractivity contribution in [2.75, 3.05) is 0 Å². The van der Waals surface area contributed by atoms with Gasteiger partial charge in [0.2, 0.25) is 0 Å². The van der Waals surface area contributed by atoms with Gasteiger partial charge in [-0.2, -0.15) is 0 Å². The maximum Gasteiger partial charge on any atom is 0.125 e. The normalized spacial score (nSPS) is 9.31. The molecule has 1 N–H and O–H groups in total. The molecule has 0 aromatic heterocycles. The Morgan fingerprint density at radius 1 is 1.54 bits per heavy atom. The Bertz CT molecular complexity index is 336. The fourth-order valence-electron chi connectivity index (χ4n) is 1.22. The van der Waals surface area contributed by atoms with Crippen molar-refractivity contribution in [2.24, 2.45) is 0 Å². The van der Waals surface area contributed by atoms with Crippen LogP contribution >= 0.6 is 0 Å². The van der Waals surface area contributed by atoms with Crippen LogP contribution in [0.15, 0.2) is 18.2 Å². The minimum absolute atomic E-state index is 0.148. The van der Waals surface area contributed by atoms with Crippen molar-refractivity contribution in [1.29, 1.82) is 0 Å². The van der Waals surface area contributed by atoms with Gasteiger partial charge >= 0.3 is 0 Å². The molecule has 0 spiro atoms. The zero-order chi connectivity index (χ0) is 9.68. The van der Waals surface area contributed by atoms with Crippen LogP contribution in [-0.4, -0.2) is 11.0 Å². The molecule has 2 nitrogen and oxygen atoms in total. The molecule has 0 aliphatic rings. The van der Waals surface area contributed by atoms with Crippen LogP contribution in [0.25, 0.3) is 6.08 Å². The molecule has 1 rings (SSSR count). The van der Waals surface area contributed by atoms with Gasteiger partial charge < -0.3 is 5.11 Å². The summed E-state index contributed by atoms with van der Waals surface area (Å²) in [7, 11) is 0. The van der Waals surface area contributed by atoms with Gasteiger partial charge in [0.1, 0.15) is 11.7 Å². The lowest BCUT2D eigenvalue weighted by atomic mass is 10.1. The predicted octanol–water partition coefficient (Wildman–Crippen LogP) is 2.19. The smallest absolute Gasteiger partial charge is 0.125 e. The molecule has 0 amide bonds. The number of carbonyl (C=O) groups excluding carboxylic acids is 1. The number of aromatic hydroxyl groups is 1. The summed E-state index contributed by atoms with van der Waals surface area (Å²) in [4.78, 5) is 10.0. The highest BCUT2D eigenvalue weighted by molar-refractivity contribution is 5.77. The van der Waals surface area contributed by atoms with Crippen LogP contribution < -0.4 is 0 Å². The van der Waals surface area contributed by atoms with Crippen LogP contribution in [0.3, 0.4) is 0 Å². The Hall–Kier alpha value is -1.53. The zero-order valence-corrected chi connectivity index (χ0v) is 7.58. The number of phenols is 1. The fourth-order valence-corrected chi connectivity index (χ4v) is 1.22. The van der Waals surface area contributed by atoms with Crippen molar-refractivity contribution in [3.63, 3.8) is 0 Å². The second-order valence-electron chi connectivity index (χ2n) is 2.91. The van der Waals surface area contributed by atoms with Crippen molar-refractivity contribution in [3.8, 4) is 5.75 Å². The molecule has 2 heteroatoms. The molecule has 0 saturated heterocycles. The number of hydrogen-bond acceptors (Lipinski definition) is 2. The van der Waals surface area contributed by atoms with Gasteiger partial charge in [-0.15, -0.1) is 0 Å². The maximum atomic E-state index is 10.0. The lowest BCUT2D eigenvalue weighted by molar-refractivity contribution is 0.473. The minimum Gasteiger partial charge on any atom is -0.507 e. The second kappa shape index (κ2) is 4.48. The van der Waals surface area contributed by atoms with E-state index in [4.69, 9.17) is 0 Å². The van der Waals surface area contributed by atoms with Gasteiger partial charge in [0, 0.05) is 11.6 Å². The molecule has 1 aromatic carbocycles. The molecule has 68 valence electrons. The van der Waals surface area contributed by atoms with E-state index < -0.39 is 0 Å². The zero-order valence-electron chi connectivity index (χ0n) is 7.58. The van der Waals surface area contributed by atoms with Crippen molar-refractivity contribution in [3.05, 3.63) is 29.3 Å². The van der Waals surface area contributed by atoms with Crippen LogP contribution in [0.2, 0.25) is 0 Å². The van der Waals surface area contributed by atoms with Crippen LogP contribution in [0, 0.1) is 0 Å². The van der Waals surface area contributed by atoms with E-state index in [0.29, 0.717) is 5.56 Å². The van der Waals surface area contributed by atoms with Crippen LogP contribution in [0.4, 0.5) is 0 Å². The Morgan fingerprint density at radius 3 is 2.85 bits per heavy atom. The molecule has 0 aliphatic carbocycles. The minimum atomic E-state index is 0.148. The van der Waals surface area contributed by atoms with Gasteiger partial charge in [-0.1, -0.05) is 25.5 Å². The first kappa shape index (κ1) is 9.56. The molecule has 0 radical (unpaired) electrons. The topological polar surface area (TPSA) is 37.3 Å². The van der Waals surface area contributed by atoms with Crippen LogP contribution in [0.5, 0.6) is 5.75 Å². The quantitative estimate of drug-likeness (QED) is 0.717. The van der Waals surface area contributed by atoms with Crippen LogP contribution in [0.1, 0.15) is 24.5 Å².